The van der Waals surface area contributed by atoms with Crippen molar-refractivity contribution in [2.45, 2.75) is 51.4 Å². The van der Waals surface area contributed by atoms with Gasteiger partial charge < -0.3 is 4.74 Å². The van der Waals surface area contributed by atoms with Gasteiger partial charge in [0.1, 0.15) is 11.6 Å². The molecular formula is C32H33F4N5O4. The molecule has 1 N–H and O–H groups in total. The van der Waals surface area contributed by atoms with E-state index in [1.807, 2.05) is 7.05 Å². The Bertz CT molecular complexity index is 1670. The highest BCUT2D eigenvalue weighted by atomic mass is 19.4. The van der Waals surface area contributed by atoms with E-state index in [2.05, 4.69) is 20.2 Å². The van der Waals surface area contributed by atoms with Crippen LogP contribution in [0.25, 0.3) is 11.1 Å². The molecule has 2 unspecified atom stereocenters. The van der Waals surface area contributed by atoms with E-state index in [1.54, 1.807) is 25.1 Å². The molecule has 9 nitrogen and oxygen atoms in total. The van der Waals surface area contributed by atoms with Crippen LogP contribution in [0.1, 0.15) is 58.4 Å². The van der Waals surface area contributed by atoms with Crippen LogP contribution in [0.5, 0.6) is 5.75 Å². The molecule has 0 bridgehead atoms. The van der Waals surface area contributed by atoms with Crippen molar-refractivity contribution in [2.24, 2.45) is 5.92 Å². The number of aromatic nitrogens is 2. The van der Waals surface area contributed by atoms with Crippen molar-refractivity contribution >= 4 is 17.6 Å². The lowest BCUT2D eigenvalue weighted by molar-refractivity contribution is -0.141. The van der Waals surface area contributed by atoms with Crippen LogP contribution in [0.4, 0.5) is 17.6 Å². The summed E-state index contributed by atoms with van der Waals surface area (Å²) in [6.07, 6.45) is -2.95. The number of ether oxygens (including phenoxy) is 1. The zero-order valence-electron chi connectivity index (χ0n) is 24.9. The van der Waals surface area contributed by atoms with E-state index in [0.717, 1.165) is 13.1 Å². The number of hydrogen-bond acceptors (Lipinski definition) is 7. The fraction of sp³-hybridized carbons (Fsp3) is 0.438. The Morgan fingerprint density at radius 2 is 1.82 bits per heavy atom. The van der Waals surface area contributed by atoms with E-state index >= 15 is 0 Å². The summed E-state index contributed by atoms with van der Waals surface area (Å²) >= 11 is 0. The van der Waals surface area contributed by atoms with E-state index < -0.39 is 41.3 Å². The summed E-state index contributed by atoms with van der Waals surface area (Å²) < 4.78 is 64.5. The number of nitrogens with one attached hydrogen (secondary N) is 1. The van der Waals surface area contributed by atoms with Gasteiger partial charge in [0.25, 0.3) is 0 Å². The summed E-state index contributed by atoms with van der Waals surface area (Å²) in [5.74, 6) is -3.29. The predicted octanol–water partition coefficient (Wildman–Crippen LogP) is 4.39. The van der Waals surface area contributed by atoms with Crippen LogP contribution in [0.2, 0.25) is 0 Å². The predicted molar refractivity (Wildman–Crippen MR) is 155 cm³/mol. The molecule has 3 aromatic rings. The number of carbonyl (C=O) groups is 3. The van der Waals surface area contributed by atoms with Crippen molar-refractivity contribution in [1.29, 1.82) is 0 Å². The average molecular weight is 628 g/mol. The topological polar surface area (TPSA) is 96.8 Å². The number of carbonyl (C=O) groups excluding carboxylic acids is 3. The molecule has 238 valence electrons. The van der Waals surface area contributed by atoms with Crippen LogP contribution in [-0.2, 0) is 35.3 Å². The number of imide groups is 1. The number of hydrogen-bond donors (Lipinski definition) is 1. The van der Waals surface area contributed by atoms with Crippen molar-refractivity contribution in [3.63, 3.8) is 0 Å². The van der Waals surface area contributed by atoms with Gasteiger partial charge >= 0.3 is 6.18 Å². The molecule has 2 fully saturated rings. The molecule has 0 saturated carbocycles. The standard InChI is InChI=1S/C32H33F4N5O4/c1-3-41-15-25(30(38-41)32(34,35)36)23-12-19(14-40-9-8-39(2)17-40)13-24-28(43)20(16-45-29(23)24)10-18-4-6-26(33)22(11-18)21-5-7-27(42)37-31(21)44/h4,6,11-13,15,20-21H,3,5,7-10,14,16-17H2,1-2H3,(H,37,42,44). The second-order valence-corrected chi connectivity index (χ2v) is 12.0. The zero-order chi connectivity index (χ0) is 32.0. The van der Waals surface area contributed by atoms with Crippen molar-refractivity contribution in [3.05, 3.63) is 70.3 Å². The Morgan fingerprint density at radius 1 is 1.04 bits per heavy atom. The maximum absolute atomic E-state index is 14.8. The van der Waals surface area contributed by atoms with Crippen LogP contribution in [0, 0.1) is 11.7 Å². The fourth-order valence-corrected chi connectivity index (χ4v) is 6.38. The van der Waals surface area contributed by atoms with E-state index in [-0.39, 0.29) is 66.2 Å². The maximum Gasteiger partial charge on any atom is 0.435 e. The quantitative estimate of drug-likeness (QED) is 0.307. The van der Waals surface area contributed by atoms with Gasteiger partial charge in [-0.15, -0.1) is 0 Å². The molecule has 2 aromatic carbocycles. The summed E-state index contributed by atoms with van der Waals surface area (Å²) in [5, 5.41) is 6.02. The first-order valence-electron chi connectivity index (χ1n) is 14.9. The van der Waals surface area contributed by atoms with E-state index in [1.165, 1.54) is 23.0 Å². The summed E-state index contributed by atoms with van der Waals surface area (Å²) in [5.41, 5.74) is 0.578. The molecule has 45 heavy (non-hydrogen) atoms. The number of nitrogens with zero attached hydrogens (tertiary/aromatic N) is 4. The Kier molecular flexibility index (Phi) is 8.25. The molecule has 13 heteroatoms. The summed E-state index contributed by atoms with van der Waals surface area (Å²) in [7, 11) is 1.98. The van der Waals surface area contributed by atoms with E-state index in [9.17, 15) is 31.9 Å². The highest BCUT2D eigenvalue weighted by molar-refractivity contribution is 6.04. The first-order chi connectivity index (χ1) is 21.4. The number of Topliss-reactive ketones (excluding diaryl/α,β-unsaturated/α-hetero) is 1. The largest absolute Gasteiger partial charge is 0.491 e. The van der Waals surface area contributed by atoms with Crippen LogP contribution in [0.15, 0.2) is 36.5 Å². The Labute approximate surface area is 257 Å². The second kappa shape index (κ2) is 12.0. The number of amides is 2. The normalized spacial score (nSPS) is 21.2. The van der Waals surface area contributed by atoms with Gasteiger partial charge in [-0.1, -0.05) is 12.1 Å². The number of aryl methyl sites for hydroxylation is 1. The van der Waals surface area contributed by atoms with Crippen LogP contribution in [-0.4, -0.2) is 70.6 Å². The van der Waals surface area contributed by atoms with Gasteiger partial charge in [-0.2, -0.15) is 18.3 Å². The highest BCUT2D eigenvalue weighted by Gasteiger charge is 2.40. The Morgan fingerprint density at radius 3 is 2.51 bits per heavy atom. The minimum absolute atomic E-state index is 0.0861. The van der Waals surface area contributed by atoms with Crippen molar-refractivity contribution in [1.82, 2.24) is 24.9 Å². The van der Waals surface area contributed by atoms with Gasteiger partial charge in [0.15, 0.2) is 11.5 Å². The number of halogens is 4. The van der Waals surface area contributed by atoms with Crippen LogP contribution in [0.3, 0.4) is 0 Å². The lowest BCUT2D eigenvalue weighted by atomic mass is 9.84. The molecule has 6 rings (SSSR count). The van der Waals surface area contributed by atoms with Crippen molar-refractivity contribution in [2.75, 3.05) is 33.4 Å². The third-order valence-corrected chi connectivity index (χ3v) is 8.66. The van der Waals surface area contributed by atoms with Crippen LogP contribution < -0.4 is 10.1 Å². The minimum Gasteiger partial charge on any atom is -0.491 e. The van der Waals surface area contributed by atoms with Gasteiger partial charge in [-0.25, -0.2) is 4.39 Å². The van der Waals surface area contributed by atoms with Crippen molar-refractivity contribution < 1.29 is 36.7 Å². The van der Waals surface area contributed by atoms with Gasteiger partial charge in [0.2, 0.25) is 11.8 Å². The third-order valence-electron chi connectivity index (χ3n) is 8.66. The fourth-order valence-electron chi connectivity index (χ4n) is 6.38. The molecule has 0 aliphatic carbocycles. The summed E-state index contributed by atoms with van der Waals surface area (Å²) in [4.78, 5) is 42.3. The lowest BCUT2D eigenvalue weighted by Crippen LogP contribution is -2.39. The average Bonchev–Trinajstić information content (AvgIpc) is 3.62. The monoisotopic (exact) mass is 627 g/mol. The number of fused-ring (bicyclic) bond motifs is 1. The van der Waals surface area contributed by atoms with E-state index in [4.69, 9.17) is 4.74 Å². The molecular weight excluding hydrogens is 594 g/mol. The first kappa shape index (κ1) is 30.9. The number of piperidine rings is 1. The molecule has 2 amide bonds. The third kappa shape index (κ3) is 6.23. The number of ketones is 1. The lowest BCUT2D eigenvalue weighted by Gasteiger charge is -2.28. The number of alkyl halides is 3. The van der Waals surface area contributed by atoms with Gasteiger partial charge in [0.05, 0.1) is 30.7 Å². The molecule has 0 radical (unpaired) electrons. The van der Waals surface area contributed by atoms with Gasteiger partial charge in [-0.3, -0.25) is 34.2 Å². The SMILES string of the molecule is CCn1cc(-c2cc(CN3CCN(C)C3)cc3c2OCC(Cc2ccc(F)c(C4CCC(=O)NC4=O)c2)C3=O)c(C(F)(F)F)n1. The second-order valence-electron chi connectivity index (χ2n) is 12.0. The summed E-state index contributed by atoms with van der Waals surface area (Å²) in [6.45, 7) is 4.56. The molecule has 3 aliphatic heterocycles. The Hall–Kier alpha value is -4.10. The van der Waals surface area contributed by atoms with Crippen LogP contribution >= 0.6 is 0 Å². The summed E-state index contributed by atoms with van der Waals surface area (Å²) in [6, 6.07) is 7.67. The van der Waals surface area contributed by atoms with Crippen molar-refractivity contribution in [3.8, 4) is 16.9 Å². The molecule has 2 atom stereocenters. The maximum atomic E-state index is 14.8. The molecule has 4 heterocycles. The number of likely N-dealkylation sites (N-methyl/N-ethyl adjacent to an activating group) is 1. The minimum atomic E-state index is -4.72. The number of rotatable bonds is 7. The smallest absolute Gasteiger partial charge is 0.435 e. The molecule has 0 spiro atoms. The van der Waals surface area contributed by atoms with Gasteiger partial charge in [-0.05, 0) is 56.1 Å². The molecule has 2 saturated heterocycles. The van der Waals surface area contributed by atoms with E-state index in [0.29, 0.717) is 24.3 Å². The Balaban J connectivity index is 1.35. The zero-order valence-corrected chi connectivity index (χ0v) is 24.9. The first-order valence-corrected chi connectivity index (χ1v) is 14.9. The molecule has 1 aromatic heterocycles. The number of benzene rings is 2. The molecule has 3 aliphatic rings. The highest BCUT2D eigenvalue weighted by Crippen LogP contribution is 2.44. The van der Waals surface area contributed by atoms with Gasteiger partial charge in [0, 0.05) is 55.5 Å².